The normalized spacial score (nSPS) is 19.2. The first-order valence-corrected chi connectivity index (χ1v) is 6.99. The summed E-state index contributed by atoms with van der Waals surface area (Å²) < 4.78 is 34.6. The van der Waals surface area contributed by atoms with Crippen molar-refractivity contribution in [1.82, 2.24) is 5.32 Å². The Morgan fingerprint density at radius 2 is 1.94 bits per heavy atom. The number of hydrogen-bond donors (Lipinski definition) is 5. The van der Waals surface area contributed by atoms with Crippen LogP contribution in [0.15, 0.2) is 0 Å². The molecule has 0 rings (SSSR count). The highest BCUT2D eigenvalue weighted by Crippen LogP contribution is 2.12. The van der Waals surface area contributed by atoms with Gasteiger partial charge in [-0.3, -0.25) is 9.87 Å². The van der Waals surface area contributed by atoms with E-state index in [1.165, 1.54) is 7.11 Å². The summed E-state index contributed by atoms with van der Waals surface area (Å²) in [6, 6.07) is 0. The molecule has 0 aliphatic carbocycles. The first-order chi connectivity index (χ1) is 8.19. The Labute approximate surface area is 106 Å². The number of nitrogens with one attached hydrogen (secondary N) is 1. The van der Waals surface area contributed by atoms with Crippen LogP contribution >= 0.6 is 0 Å². The van der Waals surface area contributed by atoms with E-state index in [9.17, 15) is 23.7 Å². The van der Waals surface area contributed by atoms with Gasteiger partial charge in [0.1, 0.15) is 18.1 Å². The van der Waals surface area contributed by atoms with Crippen LogP contribution in [0.1, 0.15) is 13.3 Å². The van der Waals surface area contributed by atoms with Gasteiger partial charge in [-0.05, 0) is 6.42 Å². The highest BCUT2D eigenvalue weighted by atomic mass is 32.2. The predicted octanol–water partition coefficient (Wildman–Crippen LogP) is -2.07. The lowest BCUT2D eigenvalue weighted by Crippen LogP contribution is -2.59. The van der Waals surface area contributed by atoms with Crippen molar-refractivity contribution in [3.8, 4) is 0 Å². The van der Waals surface area contributed by atoms with Crippen LogP contribution in [-0.4, -0.2) is 72.2 Å². The summed E-state index contributed by atoms with van der Waals surface area (Å²) in [6.07, 6.45) is -2.95. The van der Waals surface area contributed by atoms with Crippen molar-refractivity contribution in [2.24, 2.45) is 0 Å². The maximum Gasteiger partial charge on any atom is 0.267 e. The van der Waals surface area contributed by atoms with Gasteiger partial charge in [0.25, 0.3) is 10.1 Å². The minimum absolute atomic E-state index is 0.0651. The molecule has 0 heterocycles. The van der Waals surface area contributed by atoms with Crippen LogP contribution in [0, 0.1) is 0 Å². The molecule has 0 aromatic rings. The Morgan fingerprint density at radius 3 is 2.28 bits per heavy atom. The third-order valence-electron chi connectivity index (χ3n) is 2.60. The molecule has 0 aliphatic rings. The fourth-order valence-electron chi connectivity index (χ4n) is 1.44. The topological polar surface area (TPSA) is 136 Å². The Bertz CT molecular complexity index is 328. The van der Waals surface area contributed by atoms with Gasteiger partial charge in [-0.25, -0.2) is 0 Å². The van der Waals surface area contributed by atoms with Crippen molar-refractivity contribution in [3.63, 3.8) is 0 Å². The Morgan fingerprint density at radius 1 is 1.39 bits per heavy atom. The van der Waals surface area contributed by atoms with Crippen molar-refractivity contribution < 1.29 is 33.0 Å². The van der Waals surface area contributed by atoms with Crippen LogP contribution in [0.2, 0.25) is 0 Å². The molecular weight excluding hydrogens is 266 g/mol. The summed E-state index contributed by atoms with van der Waals surface area (Å²) in [5, 5.41) is 30.8. The number of ether oxygens (including phenoxy) is 1. The van der Waals surface area contributed by atoms with Gasteiger partial charge in [0, 0.05) is 7.11 Å². The van der Waals surface area contributed by atoms with E-state index in [0.717, 1.165) is 0 Å². The van der Waals surface area contributed by atoms with E-state index in [-0.39, 0.29) is 13.2 Å². The summed E-state index contributed by atoms with van der Waals surface area (Å²) in [7, 11) is -2.99. The fraction of sp³-hybridized carbons (Fsp3) is 1.00. The molecule has 0 amide bonds. The molecule has 3 atom stereocenters. The summed E-state index contributed by atoms with van der Waals surface area (Å²) in [5.41, 5.74) is -0.992. The molecule has 0 saturated heterocycles. The maximum absolute atomic E-state index is 10.6. The van der Waals surface area contributed by atoms with Crippen molar-refractivity contribution in [1.29, 1.82) is 0 Å². The van der Waals surface area contributed by atoms with Gasteiger partial charge in [0.2, 0.25) is 0 Å². The smallest absolute Gasteiger partial charge is 0.267 e. The average Bonchev–Trinajstić information content (AvgIpc) is 2.26. The largest absolute Gasteiger partial charge is 0.394 e. The molecule has 0 saturated carbocycles. The second-order valence-electron chi connectivity index (χ2n) is 4.13. The molecule has 0 radical (unpaired) electrons. The van der Waals surface area contributed by atoms with Crippen LogP contribution in [-0.2, 0) is 14.9 Å². The van der Waals surface area contributed by atoms with Crippen LogP contribution in [0.4, 0.5) is 0 Å². The standard InChI is InChI=1S/C9H21NO7S/c1-3-9(5-11,6-17-2)10-8(13)7(12)4-18(14,15)16/h7-8,10-13H,3-6H2,1-2H3,(H,14,15,16). The number of methoxy groups -OCH3 is 1. The van der Waals surface area contributed by atoms with Crippen molar-refractivity contribution >= 4 is 10.1 Å². The number of aliphatic hydroxyl groups excluding tert-OH is 3. The molecular formula is C9H21NO7S. The van der Waals surface area contributed by atoms with Gasteiger partial charge < -0.3 is 20.1 Å². The van der Waals surface area contributed by atoms with E-state index in [1.54, 1.807) is 6.92 Å². The molecule has 110 valence electrons. The SMILES string of the molecule is CCC(CO)(COC)NC(O)C(O)CS(=O)(=O)O. The van der Waals surface area contributed by atoms with E-state index < -0.39 is 33.7 Å². The molecule has 9 heteroatoms. The molecule has 0 bridgehead atoms. The molecule has 0 aliphatic heterocycles. The van der Waals surface area contributed by atoms with E-state index in [0.29, 0.717) is 6.42 Å². The van der Waals surface area contributed by atoms with E-state index in [2.05, 4.69) is 5.32 Å². The van der Waals surface area contributed by atoms with Gasteiger partial charge >= 0.3 is 0 Å². The first-order valence-electron chi connectivity index (χ1n) is 5.38. The third-order valence-corrected chi connectivity index (χ3v) is 3.36. The minimum Gasteiger partial charge on any atom is -0.394 e. The Hall–Kier alpha value is -0.290. The first kappa shape index (κ1) is 17.7. The molecule has 0 spiro atoms. The van der Waals surface area contributed by atoms with Crippen molar-refractivity contribution in [2.45, 2.75) is 31.2 Å². The highest BCUT2D eigenvalue weighted by Gasteiger charge is 2.33. The molecule has 8 nitrogen and oxygen atoms in total. The Balaban J connectivity index is 4.63. The molecule has 0 fully saturated rings. The van der Waals surface area contributed by atoms with Gasteiger partial charge in [-0.2, -0.15) is 8.42 Å². The Kier molecular flexibility index (Phi) is 7.22. The van der Waals surface area contributed by atoms with E-state index >= 15 is 0 Å². The second kappa shape index (κ2) is 7.34. The lowest BCUT2D eigenvalue weighted by molar-refractivity contribution is -0.0407. The minimum atomic E-state index is -4.39. The van der Waals surface area contributed by atoms with Crippen LogP contribution < -0.4 is 5.32 Å². The highest BCUT2D eigenvalue weighted by molar-refractivity contribution is 7.85. The summed E-state index contributed by atoms with van der Waals surface area (Å²) in [5.74, 6) is -1.00. The fourth-order valence-corrected chi connectivity index (χ4v) is 2.06. The average molecular weight is 287 g/mol. The quantitative estimate of drug-likeness (QED) is 0.241. The molecule has 3 unspecified atom stereocenters. The molecule has 0 aromatic carbocycles. The molecule has 5 N–H and O–H groups in total. The predicted molar refractivity (Wildman–Crippen MR) is 63.5 cm³/mol. The zero-order valence-corrected chi connectivity index (χ0v) is 11.2. The van der Waals surface area contributed by atoms with Gasteiger partial charge in [-0.15, -0.1) is 0 Å². The molecule has 18 heavy (non-hydrogen) atoms. The van der Waals surface area contributed by atoms with Crippen LogP contribution in [0.25, 0.3) is 0 Å². The van der Waals surface area contributed by atoms with Crippen LogP contribution in [0.5, 0.6) is 0 Å². The third kappa shape index (κ3) is 6.05. The zero-order valence-electron chi connectivity index (χ0n) is 10.4. The molecule has 0 aromatic heterocycles. The number of hydrogen-bond acceptors (Lipinski definition) is 7. The summed E-state index contributed by atoms with van der Waals surface area (Å²) in [4.78, 5) is 0. The monoisotopic (exact) mass is 287 g/mol. The van der Waals surface area contributed by atoms with Gasteiger partial charge in [-0.1, -0.05) is 6.92 Å². The lowest BCUT2D eigenvalue weighted by Gasteiger charge is -2.34. The van der Waals surface area contributed by atoms with Crippen LogP contribution in [0.3, 0.4) is 0 Å². The number of aliphatic hydroxyl groups is 3. The van der Waals surface area contributed by atoms with Gasteiger partial charge in [0.15, 0.2) is 0 Å². The summed E-state index contributed by atoms with van der Waals surface area (Å²) >= 11 is 0. The number of rotatable bonds is 9. The lowest BCUT2D eigenvalue weighted by atomic mass is 9.98. The van der Waals surface area contributed by atoms with E-state index in [1.807, 2.05) is 0 Å². The van der Waals surface area contributed by atoms with Crippen molar-refractivity contribution in [3.05, 3.63) is 0 Å². The van der Waals surface area contributed by atoms with Crippen molar-refractivity contribution in [2.75, 3.05) is 26.1 Å². The summed E-state index contributed by atoms with van der Waals surface area (Å²) in [6.45, 7) is 1.42. The second-order valence-corrected chi connectivity index (χ2v) is 5.63. The maximum atomic E-state index is 10.6. The zero-order chi connectivity index (χ0) is 14.4. The van der Waals surface area contributed by atoms with Gasteiger partial charge in [0.05, 0.1) is 18.8 Å². The van der Waals surface area contributed by atoms with E-state index in [4.69, 9.17) is 9.29 Å².